The molecule has 5 rings (SSSR count). The molecule has 4 aliphatic heterocycles. The Morgan fingerprint density at radius 3 is 2.66 bits per heavy atom. The summed E-state index contributed by atoms with van der Waals surface area (Å²) in [4.78, 5) is 30.7. The van der Waals surface area contributed by atoms with Gasteiger partial charge in [-0.25, -0.2) is 0 Å². The molecule has 29 heavy (non-hydrogen) atoms. The highest BCUT2D eigenvalue weighted by Gasteiger charge is 2.33. The van der Waals surface area contributed by atoms with Crippen molar-refractivity contribution >= 4 is 5.91 Å². The number of nitrogens with one attached hydrogen (secondary N) is 1. The summed E-state index contributed by atoms with van der Waals surface area (Å²) in [5.74, 6) is 1.58. The van der Waals surface area contributed by atoms with Crippen LogP contribution in [0.5, 0.6) is 0 Å². The van der Waals surface area contributed by atoms with Crippen LogP contribution in [0.4, 0.5) is 0 Å². The number of carbonyl (C=O) groups is 1. The molecule has 1 aromatic rings. The van der Waals surface area contributed by atoms with Crippen molar-refractivity contribution in [1.29, 1.82) is 0 Å². The number of piperidine rings is 2. The van der Waals surface area contributed by atoms with Gasteiger partial charge in [0.05, 0.1) is 0 Å². The molecule has 1 N–H and O–H groups in total. The van der Waals surface area contributed by atoms with Crippen LogP contribution < -0.4 is 10.9 Å². The highest BCUT2D eigenvalue weighted by atomic mass is 16.2. The number of nitrogens with zero attached hydrogens (tertiary/aromatic N) is 3. The Kier molecular flexibility index (Phi) is 5.48. The van der Waals surface area contributed by atoms with Gasteiger partial charge in [-0.05, 0) is 88.7 Å². The monoisotopic (exact) mass is 398 g/mol. The van der Waals surface area contributed by atoms with E-state index in [4.69, 9.17) is 0 Å². The smallest absolute Gasteiger partial charge is 0.263 e. The number of hydrogen-bond donors (Lipinski definition) is 1. The number of amides is 1. The van der Waals surface area contributed by atoms with Crippen molar-refractivity contribution in [3.8, 4) is 0 Å². The molecule has 158 valence electrons. The first-order chi connectivity index (χ1) is 14.2. The fourth-order valence-corrected chi connectivity index (χ4v) is 5.92. The third kappa shape index (κ3) is 3.89. The molecule has 6 nitrogen and oxygen atoms in total. The van der Waals surface area contributed by atoms with Crippen LogP contribution in [0.25, 0.3) is 0 Å². The van der Waals surface area contributed by atoms with E-state index in [1.54, 1.807) is 6.07 Å². The van der Waals surface area contributed by atoms with Gasteiger partial charge in [-0.3, -0.25) is 9.59 Å². The number of likely N-dealkylation sites (tertiary alicyclic amines) is 2. The molecule has 3 fully saturated rings. The summed E-state index contributed by atoms with van der Waals surface area (Å²) < 4.78 is 1.90. The van der Waals surface area contributed by atoms with E-state index in [0.29, 0.717) is 17.4 Å². The molecule has 5 heterocycles. The van der Waals surface area contributed by atoms with Crippen LogP contribution in [-0.4, -0.2) is 66.1 Å². The van der Waals surface area contributed by atoms with Gasteiger partial charge in [-0.1, -0.05) is 0 Å². The summed E-state index contributed by atoms with van der Waals surface area (Å²) in [6, 6.07) is 3.83. The normalized spacial score (nSPS) is 27.8. The fourth-order valence-electron chi connectivity index (χ4n) is 5.92. The van der Waals surface area contributed by atoms with E-state index in [0.717, 1.165) is 63.6 Å². The Morgan fingerprint density at radius 2 is 1.86 bits per heavy atom. The number of hydrogen-bond acceptors (Lipinski definition) is 4. The first kappa shape index (κ1) is 19.3. The summed E-state index contributed by atoms with van der Waals surface area (Å²) in [5.41, 5.74) is 1.41. The topological polar surface area (TPSA) is 57.6 Å². The third-order valence-electron chi connectivity index (χ3n) is 7.69. The van der Waals surface area contributed by atoms with E-state index in [2.05, 4.69) is 10.2 Å². The summed E-state index contributed by atoms with van der Waals surface area (Å²) in [7, 11) is 0. The second-order valence-electron chi connectivity index (χ2n) is 9.62. The molecule has 0 unspecified atom stereocenters. The van der Waals surface area contributed by atoms with Crippen LogP contribution in [-0.2, 0) is 6.54 Å². The van der Waals surface area contributed by atoms with Gasteiger partial charge in [-0.2, -0.15) is 0 Å². The molecule has 0 aromatic carbocycles. The van der Waals surface area contributed by atoms with Crippen LogP contribution in [0.15, 0.2) is 16.9 Å². The maximum absolute atomic E-state index is 13.1. The molecule has 0 aliphatic carbocycles. The second kappa shape index (κ2) is 8.23. The summed E-state index contributed by atoms with van der Waals surface area (Å²) in [5, 5.41) is 3.47. The van der Waals surface area contributed by atoms with E-state index in [1.807, 2.05) is 15.5 Å². The lowest BCUT2D eigenvalue weighted by Crippen LogP contribution is -2.47. The van der Waals surface area contributed by atoms with Gasteiger partial charge in [0, 0.05) is 37.8 Å². The third-order valence-corrected chi connectivity index (χ3v) is 7.69. The van der Waals surface area contributed by atoms with Crippen molar-refractivity contribution in [1.82, 2.24) is 19.7 Å². The lowest BCUT2D eigenvalue weighted by atomic mass is 9.84. The molecule has 0 spiro atoms. The lowest BCUT2D eigenvalue weighted by Gasteiger charge is -2.38. The molecule has 0 saturated carbocycles. The highest BCUT2D eigenvalue weighted by molar-refractivity contribution is 5.94. The van der Waals surface area contributed by atoms with Crippen molar-refractivity contribution in [2.75, 3.05) is 45.8 Å². The number of rotatable bonds is 4. The van der Waals surface area contributed by atoms with Crippen LogP contribution in [0.1, 0.15) is 60.5 Å². The lowest BCUT2D eigenvalue weighted by molar-refractivity contribution is 0.0679. The van der Waals surface area contributed by atoms with Gasteiger partial charge in [0.1, 0.15) is 5.56 Å². The van der Waals surface area contributed by atoms with Crippen LogP contribution in [0.2, 0.25) is 0 Å². The predicted octanol–water partition coefficient (Wildman–Crippen LogP) is 1.89. The maximum Gasteiger partial charge on any atom is 0.263 e. The number of fused-ring (bicyclic) bond motifs is 4. The first-order valence-electron chi connectivity index (χ1n) is 11.6. The van der Waals surface area contributed by atoms with Crippen LogP contribution in [0.3, 0.4) is 0 Å². The molecule has 6 heteroatoms. The van der Waals surface area contributed by atoms with Crippen molar-refractivity contribution in [3.63, 3.8) is 0 Å². The average Bonchev–Trinajstić information content (AvgIpc) is 3.27. The zero-order valence-electron chi connectivity index (χ0n) is 17.4. The Morgan fingerprint density at radius 1 is 1.07 bits per heavy atom. The van der Waals surface area contributed by atoms with E-state index in [9.17, 15) is 9.59 Å². The quantitative estimate of drug-likeness (QED) is 0.842. The van der Waals surface area contributed by atoms with Gasteiger partial charge in [0.15, 0.2) is 0 Å². The average molecular weight is 399 g/mol. The standard InChI is InChI=1S/C23H34N4O2/c28-22(26-11-6-17(7-12-26)5-10-25-8-1-2-9-25)20-3-4-21-19-13-18(14-24-15-19)16-27(21)23(20)29/h3-4,17-19,24H,1-2,5-16H2/t18-,19+/m0/s1. The number of pyridine rings is 1. The fraction of sp³-hybridized carbons (Fsp3) is 0.739. The van der Waals surface area contributed by atoms with E-state index in [-0.39, 0.29) is 11.5 Å². The largest absolute Gasteiger partial charge is 0.338 e. The second-order valence-corrected chi connectivity index (χ2v) is 9.62. The summed E-state index contributed by atoms with van der Waals surface area (Å²) in [6.07, 6.45) is 7.25. The molecule has 0 radical (unpaired) electrons. The molecule has 1 amide bonds. The molecule has 2 atom stereocenters. The van der Waals surface area contributed by atoms with Gasteiger partial charge < -0.3 is 19.7 Å². The molecule has 2 bridgehead atoms. The van der Waals surface area contributed by atoms with Crippen molar-refractivity contribution in [3.05, 3.63) is 33.7 Å². The minimum Gasteiger partial charge on any atom is -0.338 e. The maximum atomic E-state index is 13.1. The molecular formula is C23H34N4O2. The zero-order valence-corrected chi connectivity index (χ0v) is 17.4. The van der Waals surface area contributed by atoms with Gasteiger partial charge in [0.2, 0.25) is 0 Å². The Hall–Kier alpha value is -1.66. The molecular weight excluding hydrogens is 364 g/mol. The first-order valence-corrected chi connectivity index (χ1v) is 11.6. The SMILES string of the molecule is O=C(c1ccc2n(c1=O)C[C@@H]1CNC[C@H]2C1)N1CCC(CCN2CCCC2)CC1. The molecule has 1 aromatic heterocycles. The Balaban J connectivity index is 1.22. The number of aromatic nitrogens is 1. The van der Waals surface area contributed by atoms with Gasteiger partial charge in [-0.15, -0.1) is 0 Å². The van der Waals surface area contributed by atoms with Crippen LogP contribution >= 0.6 is 0 Å². The van der Waals surface area contributed by atoms with Crippen molar-refractivity contribution in [2.24, 2.45) is 11.8 Å². The molecule has 3 saturated heterocycles. The minimum absolute atomic E-state index is 0.0582. The molecule has 4 aliphatic rings. The minimum atomic E-state index is -0.0692. The van der Waals surface area contributed by atoms with Gasteiger partial charge in [0.25, 0.3) is 11.5 Å². The summed E-state index contributed by atoms with van der Waals surface area (Å²) >= 11 is 0. The van der Waals surface area contributed by atoms with Crippen molar-refractivity contribution in [2.45, 2.75) is 51.0 Å². The van der Waals surface area contributed by atoms with E-state index < -0.39 is 0 Å². The number of carbonyl (C=O) groups excluding carboxylic acids is 1. The predicted molar refractivity (Wildman–Crippen MR) is 113 cm³/mol. The summed E-state index contributed by atoms with van der Waals surface area (Å²) in [6.45, 7) is 7.98. The Bertz CT molecular complexity index is 806. The highest BCUT2D eigenvalue weighted by Crippen LogP contribution is 2.32. The van der Waals surface area contributed by atoms with E-state index >= 15 is 0 Å². The van der Waals surface area contributed by atoms with E-state index in [1.165, 1.54) is 38.9 Å². The van der Waals surface area contributed by atoms with Gasteiger partial charge >= 0.3 is 0 Å². The van der Waals surface area contributed by atoms with Crippen LogP contribution in [0, 0.1) is 11.8 Å². The zero-order chi connectivity index (χ0) is 19.8. The Labute approximate surface area is 173 Å². The van der Waals surface area contributed by atoms with Crippen molar-refractivity contribution < 1.29 is 4.79 Å².